The van der Waals surface area contributed by atoms with E-state index in [1.54, 1.807) is 0 Å². The molecule has 1 heterocycles. The molecule has 1 amide bonds. The van der Waals surface area contributed by atoms with Crippen molar-refractivity contribution in [2.24, 2.45) is 5.92 Å². The van der Waals surface area contributed by atoms with Gasteiger partial charge in [-0.25, -0.2) is 4.79 Å². The van der Waals surface area contributed by atoms with E-state index in [2.05, 4.69) is 59.2 Å². The molecule has 1 aliphatic heterocycles. The number of fused-ring (bicyclic) bond motifs is 3. The Morgan fingerprint density at radius 2 is 1.58 bits per heavy atom. The van der Waals surface area contributed by atoms with Crippen LogP contribution in [0.25, 0.3) is 11.1 Å². The van der Waals surface area contributed by atoms with Crippen LogP contribution in [-0.2, 0) is 4.74 Å². The van der Waals surface area contributed by atoms with Crippen molar-refractivity contribution in [1.29, 1.82) is 0 Å². The fourth-order valence-corrected chi connectivity index (χ4v) is 3.96. The van der Waals surface area contributed by atoms with Gasteiger partial charge in [0.05, 0.1) is 0 Å². The molecule has 4 rings (SSSR count). The minimum atomic E-state index is -0.305. The summed E-state index contributed by atoms with van der Waals surface area (Å²) in [6, 6.07) is 16.8. The van der Waals surface area contributed by atoms with Crippen LogP contribution in [0.4, 0.5) is 4.79 Å². The Kier molecular flexibility index (Phi) is 6.17. The van der Waals surface area contributed by atoms with Crippen LogP contribution in [0.1, 0.15) is 29.9 Å². The number of alkyl carbamates (subject to hydrolysis) is 1. The summed E-state index contributed by atoms with van der Waals surface area (Å²) in [5.74, 6) is 0.679. The van der Waals surface area contributed by atoms with E-state index in [1.165, 1.54) is 22.3 Å². The molecule has 4 nitrogen and oxygen atoms in total. The highest BCUT2D eigenvalue weighted by molar-refractivity contribution is 5.85. The van der Waals surface area contributed by atoms with Crippen molar-refractivity contribution in [2.45, 2.75) is 18.8 Å². The van der Waals surface area contributed by atoms with Gasteiger partial charge in [0.15, 0.2) is 0 Å². The normalized spacial score (nSPS) is 16.3. The van der Waals surface area contributed by atoms with Crippen LogP contribution in [0.15, 0.2) is 48.5 Å². The number of hydrogen-bond acceptors (Lipinski definition) is 3. The van der Waals surface area contributed by atoms with Gasteiger partial charge in [0, 0.05) is 12.5 Å². The number of ether oxygens (including phenoxy) is 1. The molecular formula is C21H25ClN2O2. The highest BCUT2D eigenvalue weighted by atomic mass is 35.5. The van der Waals surface area contributed by atoms with Gasteiger partial charge < -0.3 is 15.4 Å². The molecule has 2 aromatic rings. The molecule has 1 saturated heterocycles. The highest BCUT2D eigenvalue weighted by Crippen LogP contribution is 2.44. The van der Waals surface area contributed by atoms with Gasteiger partial charge in [-0.1, -0.05) is 48.5 Å². The largest absolute Gasteiger partial charge is 0.449 e. The van der Waals surface area contributed by atoms with E-state index in [9.17, 15) is 4.79 Å². The van der Waals surface area contributed by atoms with Crippen LogP contribution in [0, 0.1) is 5.92 Å². The predicted molar refractivity (Wildman–Crippen MR) is 106 cm³/mol. The van der Waals surface area contributed by atoms with Gasteiger partial charge in [0.2, 0.25) is 0 Å². The van der Waals surface area contributed by atoms with Gasteiger partial charge in [-0.2, -0.15) is 0 Å². The van der Waals surface area contributed by atoms with Gasteiger partial charge >= 0.3 is 6.09 Å². The standard InChI is InChI=1S/C21H24N2O2.ClH/c24-21(23-13-15-9-11-22-12-10-15)25-14-20-18-7-3-1-5-16(18)17-6-2-4-8-19(17)20;/h1-8,15,20,22H,9-14H2,(H,23,24);1H. The molecule has 1 fully saturated rings. The third-order valence-corrected chi connectivity index (χ3v) is 5.34. The molecule has 5 heteroatoms. The van der Waals surface area contributed by atoms with E-state index in [0.717, 1.165) is 25.9 Å². The first-order valence-corrected chi connectivity index (χ1v) is 9.12. The summed E-state index contributed by atoms with van der Waals surface area (Å²) >= 11 is 0. The minimum absolute atomic E-state index is 0. The van der Waals surface area contributed by atoms with Crippen LogP contribution in [0.2, 0.25) is 0 Å². The van der Waals surface area contributed by atoms with Crippen LogP contribution < -0.4 is 10.6 Å². The third-order valence-electron chi connectivity index (χ3n) is 5.34. The molecule has 0 atom stereocenters. The summed E-state index contributed by atoms with van der Waals surface area (Å²) in [4.78, 5) is 12.1. The lowest BCUT2D eigenvalue weighted by atomic mass is 9.98. The smallest absolute Gasteiger partial charge is 0.407 e. The Hall–Kier alpha value is -2.04. The molecule has 26 heavy (non-hydrogen) atoms. The van der Waals surface area contributed by atoms with Crippen LogP contribution >= 0.6 is 12.4 Å². The number of benzene rings is 2. The summed E-state index contributed by atoms with van der Waals surface area (Å²) in [5, 5.41) is 6.27. The zero-order chi connectivity index (χ0) is 17.1. The lowest BCUT2D eigenvalue weighted by Gasteiger charge is -2.22. The Balaban J connectivity index is 0.00000196. The van der Waals surface area contributed by atoms with Crippen LogP contribution in [0.5, 0.6) is 0 Å². The highest BCUT2D eigenvalue weighted by Gasteiger charge is 2.29. The van der Waals surface area contributed by atoms with E-state index in [0.29, 0.717) is 19.1 Å². The fraction of sp³-hybridized carbons (Fsp3) is 0.381. The Morgan fingerprint density at radius 1 is 1.00 bits per heavy atom. The number of halogens is 1. The molecule has 0 bridgehead atoms. The maximum absolute atomic E-state index is 12.1. The van der Waals surface area contributed by atoms with Crippen molar-refractivity contribution >= 4 is 18.5 Å². The van der Waals surface area contributed by atoms with Crippen molar-refractivity contribution in [3.63, 3.8) is 0 Å². The Labute approximate surface area is 160 Å². The number of carbonyl (C=O) groups excluding carboxylic acids is 1. The van der Waals surface area contributed by atoms with Crippen molar-refractivity contribution in [3.05, 3.63) is 59.7 Å². The van der Waals surface area contributed by atoms with Gasteiger partial charge in [-0.15, -0.1) is 12.4 Å². The van der Waals surface area contributed by atoms with Crippen molar-refractivity contribution in [2.75, 3.05) is 26.2 Å². The number of rotatable bonds is 4. The Morgan fingerprint density at radius 3 is 2.19 bits per heavy atom. The second-order valence-corrected chi connectivity index (χ2v) is 6.90. The second-order valence-electron chi connectivity index (χ2n) is 6.90. The lowest BCUT2D eigenvalue weighted by molar-refractivity contribution is 0.140. The van der Waals surface area contributed by atoms with Crippen LogP contribution in [0.3, 0.4) is 0 Å². The summed E-state index contributed by atoms with van der Waals surface area (Å²) < 4.78 is 5.57. The maximum Gasteiger partial charge on any atom is 0.407 e. The molecule has 0 aromatic heterocycles. The fourth-order valence-electron chi connectivity index (χ4n) is 3.96. The lowest BCUT2D eigenvalue weighted by Crippen LogP contribution is -2.36. The molecule has 2 aromatic carbocycles. The van der Waals surface area contributed by atoms with Crippen molar-refractivity contribution in [1.82, 2.24) is 10.6 Å². The predicted octanol–water partition coefficient (Wildman–Crippen LogP) is 3.95. The Bertz CT molecular complexity index is 714. The SMILES string of the molecule is Cl.O=C(NCC1CCNCC1)OCC1c2ccccc2-c2ccccc21. The summed E-state index contributed by atoms with van der Waals surface area (Å²) in [5.41, 5.74) is 4.99. The average Bonchev–Trinajstić information content (AvgIpc) is 2.99. The monoisotopic (exact) mass is 372 g/mol. The first-order chi connectivity index (χ1) is 12.3. The minimum Gasteiger partial charge on any atom is -0.449 e. The van der Waals surface area contributed by atoms with Gasteiger partial charge in [0.25, 0.3) is 0 Å². The van der Waals surface area contributed by atoms with E-state index < -0.39 is 0 Å². The molecule has 2 N–H and O–H groups in total. The maximum atomic E-state index is 12.1. The molecule has 0 unspecified atom stereocenters. The molecule has 2 aliphatic rings. The molecule has 0 saturated carbocycles. The third kappa shape index (κ3) is 3.87. The van der Waals surface area contributed by atoms with E-state index in [1.807, 2.05) is 0 Å². The van der Waals surface area contributed by atoms with Crippen LogP contribution in [-0.4, -0.2) is 32.3 Å². The number of carbonyl (C=O) groups is 1. The number of hydrogen-bond donors (Lipinski definition) is 2. The quantitative estimate of drug-likeness (QED) is 0.854. The summed E-state index contributed by atoms with van der Waals surface area (Å²) in [6.45, 7) is 3.17. The van der Waals surface area contributed by atoms with E-state index >= 15 is 0 Å². The van der Waals surface area contributed by atoms with E-state index in [-0.39, 0.29) is 24.4 Å². The molecule has 0 spiro atoms. The number of nitrogens with one attached hydrogen (secondary N) is 2. The average molecular weight is 373 g/mol. The van der Waals surface area contributed by atoms with Gasteiger partial charge in [0.1, 0.15) is 6.61 Å². The molecule has 138 valence electrons. The second kappa shape index (κ2) is 8.56. The first-order valence-electron chi connectivity index (χ1n) is 9.12. The summed E-state index contributed by atoms with van der Waals surface area (Å²) in [7, 11) is 0. The summed E-state index contributed by atoms with van der Waals surface area (Å²) in [6.07, 6.45) is 1.92. The van der Waals surface area contributed by atoms with Crippen molar-refractivity contribution in [3.8, 4) is 11.1 Å². The van der Waals surface area contributed by atoms with Gasteiger partial charge in [-0.3, -0.25) is 0 Å². The molecular weight excluding hydrogens is 348 g/mol. The van der Waals surface area contributed by atoms with E-state index in [4.69, 9.17) is 4.74 Å². The van der Waals surface area contributed by atoms with Crippen molar-refractivity contribution < 1.29 is 9.53 Å². The first kappa shape index (κ1) is 18.7. The number of piperidine rings is 1. The number of amides is 1. The zero-order valence-electron chi connectivity index (χ0n) is 14.7. The molecule has 1 aliphatic carbocycles. The zero-order valence-corrected chi connectivity index (χ0v) is 15.6. The topological polar surface area (TPSA) is 50.4 Å². The molecule has 0 radical (unpaired) electrons. The van der Waals surface area contributed by atoms with Gasteiger partial charge in [-0.05, 0) is 54.1 Å².